The summed E-state index contributed by atoms with van der Waals surface area (Å²) in [6.07, 6.45) is 0.644. The summed E-state index contributed by atoms with van der Waals surface area (Å²) in [6.45, 7) is 0.739. The van der Waals surface area contributed by atoms with Gasteiger partial charge < -0.3 is 20.1 Å². The number of phosphoric ester groups is 1. The smallest absolute Gasteiger partial charge is 0.383 e. The largest absolute Gasteiger partial charge is 0.472 e. The molecule has 2 aromatic rings. The first-order valence-corrected chi connectivity index (χ1v) is 12.7. The molecule has 0 saturated carbocycles. The number of nitrogens with zero attached hydrogens (tertiary/aromatic N) is 6. The van der Waals surface area contributed by atoms with E-state index in [2.05, 4.69) is 20.0 Å². The molecule has 2 aliphatic rings. The lowest BCUT2D eigenvalue weighted by molar-refractivity contribution is -0.0388. The van der Waals surface area contributed by atoms with E-state index < -0.39 is 62.1 Å². The number of aromatic amines is 1. The number of phosphoric acid groups is 1. The molecule has 4 heterocycles. The second-order valence-corrected chi connectivity index (χ2v) is 9.96. The third-order valence-corrected chi connectivity index (χ3v) is 6.88. The van der Waals surface area contributed by atoms with Gasteiger partial charge in [-0.3, -0.25) is 28.0 Å². The third-order valence-electron chi connectivity index (χ3n) is 5.93. The topological polar surface area (TPSA) is 239 Å². The standard InChI is InChI=1S/C19H25N8O9P/c1-10-7-27(19(30)23-17(10)28)16-6-12(24-25-21)13(36-16)9-34-37(31,32)33-8-11-2-3-15(35-11)26-5-4-14(20)22-18(26)29/h4-5,7,11-13,15-16H,2-3,6,8-9H2,1H3,(H,31,32)(H2,20,22,29)(H,23,28,30)/t11-,12-,13+,15+,16-/m0/s1. The van der Waals surface area contributed by atoms with Gasteiger partial charge in [-0.15, -0.1) is 0 Å². The maximum absolute atomic E-state index is 12.4. The monoisotopic (exact) mass is 540 g/mol. The van der Waals surface area contributed by atoms with Crippen molar-refractivity contribution in [2.45, 2.75) is 56.9 Å². The van der Waals surface area contributed by atoms with Gasteiger partial charge in [0.1, 0.15) is 18.3 Å². The summed E-state index contributed by atoms with van der Waals surface area (Å²) < 4.78 is 36.4. The number of hydrogen-bond donors (Lipinski definition) is 3. The highest BCUT2D eigenvalue weighted by molar-refractivity contribution is 7.47. The molecule has 37 heavy (non-hydrogen) atoms. The number of H-pyrrole nitrogens is 1. The van der Waals surface area contributed by atoms with Gasteiger partial charge in [0.2, 0.25) is 0 Å². The highest BCUT2D eigenvalue weighted by Gasteiger charge is 2.39. The zero-order chi connectivity index (χ0) is 26.7. The summed E-state index contributed by atoms with van der Waals surface area (Å²) in [6, 6.07) is 0.637. The predicted octanol–water partition coefficient (Wildman–Crippen LogP) is 0.462. The molecule has 2 aliphatic heterocycles. The number of nitrogen functional groups attached to an aromatic ring is 1. The minimum absolute atomic E-state index is 0.0662. The maximum atomic E-state index is 12.4. The van der Waals surface area contributed by atoms with E-state index in [1.165, 1.54) is 30.0 Å². The van der Waals surface area contributed by atoms with E-state index in [0.717, 1.165) is 4.57 Å². The number of aryl methyl sites for hydroxylation is 1. The van der Waals surface area contributed by atoms with Crippen LogP contribution < -0.4 is 22.7 Å². The lowest BCUT2D eigenvalue weighted by Gasteiger charge is -2.20. The van der Waals surface area contributed by atoms with Crippen LogP contribution in [-0.4, -0.2) is 55.5 Å². The first-order valence-electron chi connectivity index (χ1n) is 11.2. The molecule has 18 heteroatoms. The Morgan fingerprint density at radius 3 is 2.76 bits per heavy atom. The van der Waals surface area contributed by atoms with Crippen LogP contribution in [0.4, 0.5) is 5.82 Å². The molecular formula is C19H25N8O9P. The molecule has 0 amide bonds. The van der Waals surface area contributed by atoms with Gasteiger partial charge in [-0.2, -0.15) is 4.98 Å². The van der Waals surface area contributed by atoms with E-state index in [4.69, 9.17) is 29.8 Å². The van der Waals surface area contributed by atoms with Gasteiger partial charge in [0.25, 0.3) is 5.56 Å². The summed E-state index contributed by atoms with van der Waals surface area (Å²) in [5.41, 5.74) is 12.8. The van der Waals surface area contributed by atoms with Gasteiger partial charge in [-0.05, 0) is 31.4 Å². The molecule has 2 saturated heterocycles. The van der Waals surface area contributed by atoms with Gasteiger partial charge in [0.05, 0.1) is 31.5 Å². The van der Waals surface area contributed by atoms with Crippen LogP contribution in [0.3, 0.4) is 0 Å². The molecule has 0 radical (unpaired) electrons. The van der Waals surface area contributed by atoms with E-state index in [1.54, 1.807) is 0 Å². The highest BCUT2D eigenvalue weighted by Crippen LogP contribution is 2.45. The molecule has 2 aromatic heterocycles. The van der Waals surface area contributed by atoms with E-state index in [-0.39, 0.29) is 24.4 Å². The average molecular weight is 540 g/mol. The quantitative estimate of drug-likeness (QED) is 0.171. The van der Waals surface area contributed by atoms with Crippen molar-refractivity contribution in [1.82, 2.24) is 19.1 Å². The molecule has 0 spiro atoms. The number of anilines is 1. The fraction of sp³-hybridized carbons (Fsp3) is 0.579. The van der Waals surface area contributed by atoms with Gasteiger partial charge in [0, 0.05) is 29.3 Å². The highest BCUT2D eigenvalue weighted by atomic mass is 31.2. The Bertz CT molecular complexity index is 1420. The van der Waals surface area contributed by atoms with E-state index in [0.29, 0.717) is 12.8 Å². The summed E-state index contributed by atoms with van der Waals surface area (Å²) in [5, 5.41) is 3.63. The van der Waals surface area contributed by atoms with Crippen molar-refractivity contribution in [2.24, 2.45) is 5.11 Å². The number of aromatic nitrogens is 4. The van der Waals surface area contributed by atoms with Crippen LogP contribution >= 0.6 is 7.82 Å². The van der Waals surface area contributed by atoms with Gasteiger partial charge in [-0.25, -0.2) is 14.2 Å². The van der Waals surface area contributed by atoms with Gasteiger partial charge in [-0.1, -0.05) is 5.11 Å². The second-order valence-electron chi connectivity index (χ2n) is 8.51. The Morgan fingerprint density at radius 2 is 2.03 bits per heavy atom. The lowest BCUT2D eigenvalue weighted by Crippen LogP contribution is -2.33. The number of nitrogens with two attached hydrogens (primary N) is 1. The molecule has 2 fully saturated rings. The molecule has 0 aliphatic carbocycles. The molecular weight excluding hydrogens is 515 g/mol. The number of rotatable bonds is 9. The van der Waals surface area contributed by atoms with E-state index in [1.807, 2.05) is 0 Å². The van der Waals surface area contributed by atoms with Crippen LogP contribution in [0, 0.1) is 6.92 Å². The molecule has 4 N–H and O–H groups in total. The number of nitrogens with one attached hydrogen (secondary N) is 1. The van der Waals surface area contributed by atoms with E-state index >= 15 is 0 Å². The van der Waals surface area contributed by atoms with Crippen molar-refractivity contribution in [3.8, 4) is 0 Å². The Balaban J connectivity index is 1.32. The average Bonchev–Trinajstić information content (AvgIpc) is 3.46. The van der Waals surface area contributed by atoms with Crippen molar-refractivity contribution < 1.29 is 28.0 Å². The van der Waals surface area contributed by atoms with Crippen LogP contribution in [0.25, 0.3) is 10.4 Å². The fourth-order valence-corrected chi connectivity index (χ4v) is 4.83. The van der Waals surface area contributed by atoms with Gasteiger partial charge >= 0.3 is 19.2 Å². The molecule has 17 nitrogen and oxygen atoms in total. The summed E-state index contributed by atoms with van der Waals surface area (Å²) in [7, 11) is -4.57. The van der Waals surface area contributed by atoms with Crippen molar-refractivity contribution in [1.29, 1.82) is 0 Å². The molecule has 6 atom stereocenters. The maximum Gasteiger partial charge on any atom is 0.472 e. The summed E-state index contributed by atoms with van der Waals surface area (Å²) in [5.74, 6) is 0.0821. The molecule has 1 unspecified atom stereocenters. The number of hydrogen-bond acceptors (Lipinski definition) is 11. The number of ether oxygens (including phenoxy) is 2. The predicted molar refractivity (Wildman–Crippen MR) is 125 cm³/mol. The van der Waals surface area contributed by atoms with E-state index in [9.17, 15) is 23.8 Å². The minimum atomic E-state index is -4.57. The third kappa shape index (κ3) is 6.34. The van der Waals surface area contributed by atoms with Crippen molar-refractivity contribution in [2.75, 3.05) is 18.9 Å². The molecule has 200 valence electrons. The lowest BCUT2D eigenvalue weighted by atomic mass is 10.1. The van der Waals surface area contributed by atoms with Crippen molar-refractivity contribution >= 4 is 13.6 Å². The minimum Gasteiger partial charge on any atom is -0.383 e. The summed E-state index contributed by atoms with van der Waals surface area (Å²) >= 11 is 0. The zero-order valence-electron chi connectivity index (χ0n) is 19.6. The first kappa shape index (κ1) is 26.8. The van der Waals surface area contributed by atoms with Crippen molar-refractivity contribution in [3.63, 3.8) is 0 Å². The van der Waals surface area contributed by atoms with Crippen LogP contribution in [0.15, 0.2) is 38.0 Å². The van der Waals surface area contributed by atoms with Gasteiger partial charge in [0.15, 0.2) is 0 Å². The zero-order valence-corrected chi connectivity index (χ0v) is 20.5. The van der Waals surface area contributed by atoms with Crippen LogP contribution in [0.5, 0.6) is 0 Å². The molecule has 0 aromatic carbocycles. The second kappa shape index (κ2) is 11.0. The SMILES string of the molecule is Cc1cn([C@@H]2C[C@H](N=[N+]=[N-])[C@@H](COP(=O)(O)OC[C@@H]3CC[C@H](n4ccc(N)nc4=O)O3)O2)c(=O)[nH]c1=O. The van der Waals surface area contributed by atoms with Crippen molar-refractivity contribution in [3.05, 3.63) is 65.8 Å². The fourth-order valence-electron chi connectivity index (χ4n) is 4.07. The van der Waals surface area contributed by atoms with Crippen LogP contribution in [-0.2, 0) is 23.1 Å². The Labute approximate surface area is 208 Å². The van der Waals surface area contributed by atoms with Crippen LogP contribution in [0.2, 0.25) is 0 Å². The Kier molecular flexibility index (Phi) is 7.94. The molecule has 0 bridgehead atoms. The first-order chi connectivity index (χ1) is 17.6. The summed E-state index contributed by atoms with van der Waals surface area (Å²) in [4.78, 5) is 54.5. The Morgan fingerprint density at radius 1 is 1.27 bits per heavy atom. The molecule has 4 rings (SSSR count). The number of azide groups is 1. The normalized spacial score (nSPS) is 27.0. The Hall–Kier alpha value is -3.30. The van der Waals surface area contributed by atoms with Crippen LogP contribution in [0.1, 0.15) is 37.3 Å².